The van der Waals surface area contributed by atoms with Crippen LogP contribution in [0.2, 0.25) is 10.0 Å². The molecular formula is C15H17Cl2NO2. The minimum absolute atomic E-state index is 0.322. The molecule has 0 radical (unpaired) electrons. The maximum atomic E-state index is 6.08. The SMILES string of the molecule is CC(C)NCc1ccoc1COc1cccc(Cl)c1Cl. The summed E-state index contributed by atoms with van der Waals surface area (Å²) in [6, 6.07) is 7.66. The van der Waals surface area contributed by atoms with Crippen LogP contribution in [-0.4, -0.2) is 6.04 Å². The standard InChI is InChI=1S/C15H17Cl2NO2/c1-10(2)18-8-11-6-7-19-14(11)9-20-13-5-3-4-12(16)15(13)17/h3-7,10,18H,8-9H2,1-2H3. The van der Waals surface area contributed by atoms with Gasteiger partial charge in [0.25, 0.3) is 0 Å². The van der Waals surface area contributed by atoms with E-state index in [-0.39, 0.29) is 0 Å². The smallest absolute Gasteiger partial charge is 0.146 e. The Hall–Kier alpha value is -1.16. The van der Waals surface area contributed by atoms with Gasteiger partial charge in [0.2, 0.25) is 0 Å². The zero-order chi connectivity index (χ0) is 14.5. The molecular weight excluding hydrogens is 297 g/mol. The van der Waals surface area contributed by atoms with E-state index in [4.69, 9.17) is 32.4 Å². The average Bonchev–Trinajstić information content (AvgIpc) is 2.85. The third-order valence-electron chi connectivity index (χ3n) is 2.81. The Morgan fingerprint density at radius 1 is 1.25 bits per heavy atom. The fourth-order valence-corrected chi connectivity index (χ4v) is 2.05. The Morgan fingerprint density at radius 3 is 2.80 bits per heavy atom. The van der Waals surface area contributed by atoms with E-state index in [0.717, 1.165) is 17.9 Å². The van der Waals surface area contributed by atoms with Crippen LogP contribution in [0.15, 0.2) is 34.9 Å². The van der Waals surface area contributed by atoms with Crippen LogP contribution in [0, 0.1) is 0 Å². The van der Waals surface area contributed by atoms with Crippen LogP contribution in [-0.2, 0) is 13.2 Å². The summed E-state index contributed by atoms with van der Waals surface area (Å²) in [5.41, 5.74) is 1.08. The van der Waals surface area contributed by atoms with E-state index >= 15 is 0 Å². The third kappa shape index (κ3) is 3.92. The minimum atomic E-state index is 0.322. The summed E-state index contributed by atoms with van der Waals surface area (Å²) in [5, 5.41) is 4.24. The number of nitrogens with one attached hydrogen (secondary N) is 1. The van der Waals surface area contributed by atoms with Gasteiger partial charge in [-0.2, -0.15) is 0 Å². The van der Waals surface area contributed by atoms with E-state index < -0.39 is 0 Å². The van der Waals surface area contributed by atoms with Gasteiger partial charge in [0.05, 0.1) is 11.3 Å². The lowest BCUT2D eigenvalue weighted by atomic mass is 10.2. The van der Waals surface area contributed by atoms with Crippen LogP contribution < -0.4 is 10.1 Å². The largest absolute Gasteiger partial charge is 0.484 e. The summed E-state index contributed by atoms with van der Waals surface area (Å²) in [5.74, 6) is 1.34. The zero-order valence-electron chi connectivity index (χ0n) is 11.5. The lowest BCUT2D eigenvalue weighted by molar-refractivity contribution is 0.268. The fraction of sp³-hybridized carbons (Fsp3) is 0.333. The maximum absolute atomic E-state index is 6.08. The summed E-state index contributed by atoms with van der Waals surface area (Å²) < 4.78 is 11.1. The van der Waals surface area contributed by atoms with Gasteiger partial charge in [0.1, 0.15) is 23.1 Å². The highest BCUT2D eigenvalue weighted by Gasteiger charge is 2.10. The number of hydrogen-bond donors (Lipinski definition) is 1. The third-order valence-corrected chi connectivity index (χ3v) is 3.61. The van der Waals surface area contributed by atoms with E-state index in [1.807, 2.05) is 6.07 Å². The molecule has 0 bridgehead atoms. The van der Waals surface area contributed by atoms with Gasteiger partial charge in [0, 0.05) is 18.2 Å². The Kier molecular flexibility index (Phi) is 5.35. The van der Waals surface area contributed by atoms with Gasteiger partial charge >= 0.3 is 0 Å². The van der Waals surface area contributed by atoms with Crippen LogP contribution in [0.4, 0.5) is 0 Å². The minimum Gasteiger partial charge on any atom is -0.484 e. The molecule has 0 saturated carbocycles. The molecule has 0 fully saturated rings. The highest BCUT2D eigenvalue weighted by atomic mass is 35.5. The van der Waals surface area contributed by atoms with Gasteiger partial charge in [-0.15, -0.1) is 0 Å². The molecule has 0 saturated heterocycles. The molecule has 0 amide bonds. The number of furan rings is 1. The van der Waals surface area contributed by atoms with E-state index in [1.54, 1.807) is 24.5 Å². The number of ether oxygens (including phenoxy) is 1. The van der Waals surface area contributed by atoms with Crippen LogP contribution in [0.25, 0.3) is 0 Å². The maximum Gasteiger partial charge on any atom is 0.146 e. The first kappa shape index (κ1) is 15.2. The first-order valence-corrected chi connectivity index (χ1v) is 7.19. The molecule has 2 rings (SSSR count). The molecule has 1 heterocycles. The summed E-state index contributed by atoms with van der Waals surface area (Å²) in [7, 11) is 0. The zero-order valence-corrected chi connectivity index (χ0v) is 13.0. The van der Waals surface area contributed by atoms with Gasteiger partial charge < -0.3 is 14.5 Å². The number of hydrogen-bond acceptors (Lipinski definition) is 3. The van der Waals surface area contributed by atoms with Crippen LogP contribution in [0.1, 0.15) is 25.2 Å². The predicted molar refractivity (Wildman–Crippen MR) is 81.5 cm³/mol. The van der Waals surface area contributed by atoms with Gasteiger partial charge in [0.15, 0.2) is 0 Å². The van der Waals surface area contributed by atoms with E-state index in [9.17, 15) is 0 Å². The van der Waals surface area contributed by atoms with Gasteiger partial charge in [-0.1, -0.05) is 43.1 Å². The highest BCUT2D eigenvalue weighted by molar-refractivity contribution is 6.42. The molecule has 0 spiro atoms. The Morgan fingerprint density at radius 2 is 2.05 bits per heavy atom. The second kappa shape index (κ2) is 7.02. The van der Waals surface area contributed by atoms with Crippen molar-refractivity contribution in [3.63, 3.8) is 0 Å². The molecule has 3 nitrogen and oxygen atoms in total. The van der Waals surface area contributed by atoms with Crippen molar-refractivity contribution >= 4 is 23.2 Å². The van der Waals surface area contributed by atoms with Gasteiger partial charge in [-0.3, -0.25) is 0 Å². The van der Waals surface area contributed by atoms with E-state index in [2.05, 4.69) is 19.2 Å². The van der Waals surface area contributed by atoms with Crippen molar-refractivity contribution < 1.29 is 9.15 Å². The van der Waals surface area contributed by atoms with Gasteiger partial charge in [-0.05, 0) is 18.2 Å². The van der Waals surface area contributed by atoms with Crippen molar-refractivity contribution in [2.75, 3.05) is 0 Å². The normalized spacial score (nSPS) is 11.1. The quantitative estimate of drug-likeness (QED) is 0.842. The lowest BCUT2D eigenvalue weighted by Gasteiger charge is -2.10. The first-order valence-electron chi connectivity index (χ1n) is 6.43. The van der Waals surface area contributed by atoms with Crippen molar-refractivity contribution in [2.45, 2.75) is 33.0 Å². The summed E-state index contributed by atoms with van der Waals surface area (Å²) in [6.07, 6.45) is 1.66. The summed E-state index contributed by atoms with van der Waals surface area (Å²) >= 11 is 12.0. The molecule has 0 aliphatic heterocycles. The molecule has 0 atom stereocenters. The topological polar surface area (TPSA) is 34.4 Å². The molecule has 0 unspecified atom stereocenters. The highest BCUT2D eigenvalue weighted by Crippen LogP contribution is 2.32. The van der Waals surface area contributed by atoms with Crippen molar-refractivity contribution in [1.82, 2.24) is 5.32 Å². The molecule has 5 heteroatoms. The molecule has 1 aromatic carbocycles. The number of rotatable bonds is 6. The van der Waals surface area contributed by atoms with Crippen molar-refractivity contribution in [1.29, 1.82) is 0 Å². The van der Waals surface area contributed by atoms with Gasteiger partial charge in [-0.25, -0.2) is 0 Å². The Bertz CT molecular complexity index is 567. The lowest BCUT2D eigenvalue weighted by Crippen LogP contribution is -2.22. The second-order valence-corrected chi connectivity index (χ2v) is 5.53. The van der Waals surface area contributed by atoms with Crippen molar-refractivity contribution in [3.05, 3.63) is 51.9 Å². The predicted octanol–water partition coefficient (Wildman–Crippen LogP) is 4.66. The Labute approximate surface area is 128 Å². The molecule has 1 aromatic heterocycles. The summed E-state index contributed by atoms with van der Waals surface area (Å²) in [4.78, 5) is 0. The fourth-order valence-electron chi connectivity index (χ4n) is 1.70. The number of halogens is 2. The van der Waals surface area contributed by atoms with Crippen LogP contribution >= 0.6 is 23.2 Å². The molecule has 1 N–H and O–H groups in total. The number of benzene rings is 1. The van der Waals surface area contributed by atoms with Crippen molar-refractivity contribution in [2.24, 2.45) is 0 Å². The van der Waals surface area contributed by atoms with Crippen molar-refractivity contribution in [3.8, 4) is 5.75 Å². The Balaban J connectivity index is 2.00. The molecule has 108 valence electrons. The van der Waals surface area contributed by atoms with Crippen LogP contribution in [0.3, 0.4) is 0 Å². The van der Waals surface area contributed by atoms with Crippen LogP contribution in [0.5, 0.6) is 5.75 Å². The monoisotopic (exact) mass is 313 g/mol. The van der Waals surface area contributed by atoms with E-state index in [0.29, 0.717) is 28.4 Å². The molecule has 0 aliphatic rings. The summed E-state index contributed by atoms with van der Waals surface area (Å²) in [6.45, 7) is 5.27. The second-order valence-electron chi connectivity index (χ2n) is 4.75. The molecule has 2 aromatic rings. The van der Waals surface area contributed by atoms with E-state index in [1.165, 1.54) is 0 Å². The first-order chi connectivity index (χ1) is 9.58. The molecule has 20 heavy (non-hydrogen) atoms. The molecule has 0 aliphatic carbocycles. The average molecular weight is 314 g/mol.